The zero-order chi connectivity index (χ0) is 20.1. The summed E-state index contributed by atoms with van der Waals surface area (Å²) in [6.45, 7) is 7.60. The molecule has 0 bridgehead atoms. The SMILES string of the molecule is C=CCOc1cc(OCC=C)c2c(=O)n(-c3ccccc3)cc(C(=O)O)c2c1. The number of rotatable bonds is 8. The molecule has 3 aromatic rings. The van der Waals surface area contributed by atoms with Gasteiger partial charge in [-0.3, -0.25) is 9.36 Å². The summed E-state index contributed by atoms with van der Waals surface area (Å²) in [7, 11) is 0. The molecule has 1 N–H and O–H groups in total. The van der Waals surface area contributed by atoms with Crippen LogP contribution in [0.1, 0.15) is 10.4 Å². The number of carbonyl (C=O) groups is 1. The van der Waals surface area contributed by atoms with Crippen molar-refractivity contribution in [2.45, 2.75) is 0 Å². The number of hydrogen-bond acceptors (Lipinski definition) is 4. The predicted octanol–water partition coefficient (Wildman–Crippen LogP) is 3.82. The maximum atomic E-state index is 13.2. The molecular weight excluding hydrogens is 358 g/mol. The summed E-state index contributed by atoms with van der Waals surface area (Å²) >= 11 is 0. The van der Waals surface area contributed by atoms with Crippen LogP contribution in [0.25, 0.3) is 16.5 Å². The molecule has 0 atom stereocenters. The maximum absolute atomic E-state index is 13.2. The molecule has 6 heteroatoms. The lowest BCUT2D eigenvalue weighted by Crippen LogP contribution is -2.21. The second-order valence-corrected chi connectivity index (χ2v) is 5.90. The van der Waals surface area contributed by atoms with Gasteiger partial charge in [-0.25, -0.2) is 4.79 Å². The van der Waals surface area contributed by atoms with Crippen molar-refractivity contribution in [3.63, 3.8) is 0 Å². The number of nitrogens with zero attached hydrogens (tertiary/aromatic N) is 1. The number of aromatic nitrogens is 1. The Balaban J connectivity index is 2.37. The minimum Gasteiger partial charge on any atom is -0.489 e. The number of para-hydroxylation sites is 1. The average molecular weight is 377 g/mol. The van der Waals surface area contributed by atoms with E-state index in [1.54, 1.807) is 42.5 Å². The van der Waals surface area contributed by atoms with Gasteiger partial charge in [-0.05, 0) is 18.2 Å². The molecule has 6 nitrogen and oxygen atoms in total. The zero-order valence-corrected chi connectivity index (χ0v) is 15.1. The van der Waals surface area contributed by atoms with Gasteiger partial charge in [-0.1, -0.05) is 43.5 Å². The van der Waals surface area contributed by atoms with Crippen LogP contribution in [-0.2, 0) is 0 Å². The number of benzene rings is 2. The number of carboxylic acids is 1. The molecule has 0 fully saturated rings. The monoisotopic (exact) mass is 377 g/mol. The minimum absolute atomic E-state index is 0.0361. The van der Waals surface area contributed by atoms with Gasteiger partial charge >= 0.3 is 5.97 Å². The number of aromatic carboxylic acids is 1. The summed E-state index contributed by atoms with van der Waals surface area (Å²) in [6.07, 6.45) is 4.43. The molecule has 142 valence electrons. The Morgan fingerprint density at radius 2 is 1.75 bits per heavy atom. The number of hydrogen-bond donors (Lipinski definition) is 1. The molecule has 0 aliphatic rings. The van der Waals surface area contributed by atoms with Crippen molar-refractivity contribution in [2.75, 3.05) is 13.2 Å². The van der Waals surface area contributed by atoms with Crippen LogP contribution in [0.4, 0.5) is 0 Å². The Kier molecular flexibility index (Phi) is 5.60. The molecule has 0 aliphatic heterocycles. The number of ether oxygens (including phenoxy) is 2. The highest BCUT2D eigenvalue weighted by atomic mass is 16.5. The van der Waals surface area contributed by atoms with E-state index in [1.165, 1.54) is 16.8 Å². The largest absolute Gasteiger partial charge is 0.489 e. The first-order chi connectivity index (χ1) is 13.6. The van der Waals surface area contributed by atoms with Crippen molar-refractivity contribution in [3.8, 4) is 17.2 Å². The van der Waals surface area contributed by atoms with E-state index in [4.69, 9.17) is 9.47 Å². The first kappa shape index (κ1) is 19.0. The molecule has 0 saturated heterocycles. The van der Waals surface area contributed by atoms with E-state index in [2.05, 4.69) is 13.2 Å². The first-order valence-corrected chi connectivity index (χ1v) is 8.56. The maximum Gasteiger partial charge on any atom is 0.337 e. The van der Waals surface area contributed by atoms with E-state index in [-0.39, 0.29) is 40.9 Å². The fraction of sp³-hybridized carbons (Fsp3) is 0.0909. The quantitative estimate of drug-likeness (QED) is 0.604. The predicted molar refractivity (Wildman–Crippen MR) is 108 cm³/mol. The van der Waals surface area contributed by atoms with E-state index < -0.39 is 5.97 Å². The smallest absolute Gasteiger partial charge is 0.337 e. The van der Waals surface area contributed by atoms with Crippen LogP contribution in [0.15, 0.2) is 78.8 Å². The first-order valence-electron chi connectivity index (χ1n) is 8.56. The van der Waals surface area contributed by atoms with Crippen molar-refractivity contribution in [3.05, 3.63) is 89.9 Å². The van der Waals surface area contributed by atoms with Crippen molar-refractivity contribution >= 4 is 16.7 Å². The summed E-state index contributed by atoms with van der Waals surface area (Å²) < 4.78 is 12.5. The number of pyridine rings is 1. The molecule has 3 rings (SSSR count). The molecule has 1 aromatic heterocycles. The Morgan fingerprint density at radius 3 is 2.39 bits per heavy atom. The molecule has 2 aromatic carbocycles. The summed E-state index contributed by atoms with van der Waals surface area (Å²) in [6, 6.07) is 11.9. The Bertz CT molecular complexity index is 1100. The highest BCUT2D eigenvalue weighted by Crippen LogP contribution is 2.32. The van der Waals surface area contributed by atoms with Crippen LogP contribution in [0.3, 0.4) is 0 Å². The number of carboxylic acid groups (broad SMARTS) is 1. The normalized spacial score (nSPS) is 10.4. The molecule has 0 unspecified atom stereocenters. The van der Waals surface area contributed by atoms with Gasteiger partial charge in [0.25, 0.3) is 5.56 Å². The fourth-order valence-corrected chi connectivity index (χ4v) is 2.85. The molecule has 0 spiro atoms. The van der Waals surface area contributed by atoms with E-state index in [9.17, 15) is 14.7 Å². The van der Waals surface area contributed by atoms with Gasteiger partial charge in [-0.15, -0.1) is 0 Å². The molecule has 1 heterocycles. The highest BCUT2D eigenvalue weighted by Gasteiger charge is 2.20. The molecule has 0 saturated carbocycles. The van der Waals surface area contributed by atoms with Gasteiger partial charge in [0.15, 0.2) is 0 Å². The Labute approximate surface area is 161 Å². The van der Waals surface area contributed by atoms with Crippen LogP contribution in [-0.4, -0.2) is 28.9 Å². The van der Waals surface area contributed by atoms with Crippen LogP contribution < -0.4 is 15.0 Å². The topological polar surface area (TPSA) is 77.8 Å². The lowest BCUT2D eigenvalue weighted by Gasteiger charge is -2.15. The van der Waals surface area contributed by atoms with E-state index in [0.717, 1.165) is 0 Å². The summed E-state index contributed by atoms with van der Waals surface area (Å²) in [5, 5.41) is 10.2. The van der Waals surface area contributed by atoms with E-state index >= 15 is 0 Å². The number of fused-ring (bicyclic) bond motifs is 1. The molecule has 0 aliphatic carbocycles. The molecular formula is C22H19NO5. The second kappa shape index (κ2) is 8.26. The van der Waals surface area contributed by atoms with Crippen molar-refractivity contribution in [2.24, 2.45) is 0 Å². The third-order valence-corrected chi connectivity index (χ3v) is 4.05. The molecule has 0 amide bonds. The van der Waals surface area contributed by atoms with Crippen LogP contribution in [0.5, 0.6) is 11.5 Å². The summed E-state index contributed by atoms with van der Waals surface area (Å²) in [5.41, 5.74) is 0.130. The molecule has 28 heavy (non-hydrogen) atoms. The minimum atomic E-state index is -1.16. The van der Waals surface area contributed by atoms with Gasteiger partial charge in [-0.2, -0.15) is 0 Å². The summed E-state index contributed by atoms with van der Waals surface area (Å²) in [5.74, 6) is -0.551. The van der Waals surface area contributed by atoms with Gasteiger partial charge in [0.2, 0.25) is 0 Å². The van der Waals surface area contributed by atoms with Crippen molar-refractivity contribution < 1.29 is 19.4 Å². The van der Waals surface area contributed by atoms with Gasteiger partial charge < -0.3 is 14.6 Å². The summed E-state index contributed by atoms with van der Waals surface area (Å²) in [4.78, 5) is 25.2. The third kappa shape index (κ3) is 3.66. The van der Waals surface area contributed by atoms with Crippen LogP contribution >= 0.6 is 0 Å². The Morgan fingerprint density at radius 1 is 1.07 bits per heavy atom. The van der Waals surface area contributed by atoms with Crippen LogP contribution in [0.2, 0.25) is 0 Å². The lowest BCUT2D eigenvalue weighted by atomic mass is 10.1. The van der Waals surface area contributed by atoms with Crippen molar-refractivity contribution in [1.82, 2.24) is 4.57 Å². The average Bonchev–Trinajstić information content (AvgIpc) is 2.71. The third-order valence-electron chi connectivity index (χ3n) is 4.05. The van der Waals surface area contributed by atoms with Gasteiger partial charge in [0, 0.05) is 23.3 Å². The van der Waals surface area contributed by atoms with Crippen molar-refractivity contribution in [1.29, 1.82) is 0 Å². The van der Waals surface area contributed by atoms with Gasteiger partial charge in [0.05, 0.1) is 10.9 Å². The standard InChI is InChI=1S/C22H19NO5/c1-3-10-27-16-12-17-18(22(25)26)14-23(15-8-6-5-7-9-15)21(24)20(17)19(13-16)28-11-4-2/h3-9,12-14H,1-2,10-11H2,(H,25,26). The van der Waals surface area contributed by atoms with Gasteiger partial charge in [0.1, 0.15) is 24.7 Å². The van der Waals surface area contributed by atoms with E-state index in [0.29, 0.717) is 11.4 Å². The van der Waals surface area contributed by atoms with E-state index in [1.807, 2.05) is 6.07 Å². The fourth-order valence-electron chi connectivity index (χ4n) is 2.85. The molecule has 0 radical (unpaired) electrons. The highest BCUT2D eigenvalue weighted by molar-refractivity contribution is 6.05. The van der Waals surface area contributed by atoms with Crippen LogP contribution in [0, 0.1) is 0 Å². The lowest BCUT2D eigenvalue weighted by molar-refractivity contribution is 0.0698. The zero-order valence-electron chi connectivity index (χ0n) is 15.1. The Hall–Kier alpha value is -3.80. The second-order valence-electron chi connectivity index (χ2n) is 5.90.